The predicted octanol–water partition coefficient (Wildman–Crippen LogP) is 8.78. The third-order valence-electron chi connectivity index (χ3n) is 7.15. The second-order valence-electron chi connectivity index (χ2n) is 9.22. The zero-order valence-electron chi connectivity index (χ0n) is 19.6. The summed E-state index contributed by atoms with van der Waals surface area (Å²) in [6.07, 6.45) is -0.455. The Bertz CT molecular complexity index is 2160. The van der Waals surface area contributed by atoms with E-state index in [1.807, 2.05) is 97.1 Å². The van der Waals surface area contributed by atoms with E-state index in [4.69, 9.17) is 13.6 Å². The number of benzene rings is 5. The van der Waals surface area contributed by atoms with Crippen LogP contribution in [0.5, 0.6) is 0 Å². The van der Waals surface area contributed by atoms with Crippen molar-refractivity contribution >= 4 is 71.8 Å². The second-order valence-corrected chi connectivity index (χ2v) is 9.22. The zero-order valence-corrected chi connectivity index (χ0v) is 19.6. The van der Waals surface area contributed by atoms with Crippen LogP contribution in [0.4, 0.5) is 4.79 Å². The van der Waals surface area contributed by atoms with Gasteiger partial charge in [0.15, 0.2) is 5.58 Å². The number of hydrogen-bond donors (Lipinski definition) is 0. The maximum atomic E-state index is 13.8. The third-order valence-corrected chi connectivity index (χ3v) is 7.15. The molecular formula is C32H19NO4. The summed E-state index contributed by atoms with van der Waals surface area (Å²) in [6.45, 7) is 0.174. The van der Waals surface area contributed by atoms with E-state index in [-0.39, 0.29) is 6.61 Å². The quantitative estimate of drug-likeness (QED) is 0.248. The first kappa shape index (κ1) is 20.2. The Morgan fingerprint density at radius 1 is 0.622 bits per heavy atom. The van der Waals surface area contributed by atoms with E-state index in [0.29, 0.717) is 11.1 Å². The molecule has 0 saturated heterocycles. The molecule has 0 aliphatic carbocycles. The summed E-state index contributed by atoms with van der Waals surface area (Å²) in [5, 5.41) is 5.62. The van der Waals surface area contributed by atoms with E-state index in [2.05, 4.69) is 6.07 Å². The molecule has 5 heteroatoms. The minimum Gasteiger partial charge on any atom is -0.455 e. The van der Waals surface area contributed by atoms with Gasteiger partial charge in [-0.05, 0) is 23.8 Å². The molecule has 0 unspecified atom stereocenters. The van der Waals surface area contributed by atoms with Crippen LogP contribution in [-0.4, -0.2) is 10.7 Å². The zero-order chi connectivity index (χ0) is 24.5. The lowest BCUT2D eigenvalue weighted by Gasteiger charge is -2.08. The number of ether oxygens (including phenoxy) is 1. The van der Waals surface area contributed by atoms with Gasteiger partial charge in [0.2, 0.25) is 0 Å². The molecule has 0 radical (unpaired) electrons. The third kappa shape index (κ3) is 2.76. The summed E-state index contributed by atoms with van der Waals surface area (Å²) in [7, 11) is 0. The van der Waals surface area contributed by atoms with E-state index in [1.165, 1.54) is 0 Å². The first-order chi connectivity index (χ1) is 18.3. The van der Waals surface area contributed by atoms with Crippen molar-refractivity contribution in [3.8, 4) is 0 Å². The molecule has 8 aromatic rings. The Labute approximate surface area is 210 Å². The van der Waals surface area contributed by atoms with Gasteiger partial charge in [0.1, 0.15) is 28.9 Å². The van der Waals surface area contributed by atoms with Gasteiger partial charge < -0.3 is 13.6 Å². The number of nitrogens with zero attached hydrogens (tertiary/aromatic N) is 1. The Morgan fingerprint density at radius 3 is 1.97 bits per heavy atom. The van der Waals surface area contributed by atoms with Crippen molar-refractivity contribution in [2.24, 2.45) is 0 Å². The number of aromatic nitrogens is 1. The van der Waals surface area contributed by atoms with Crippen LogP contribution < -0.4 is 0 Å². The van der Waals surface area contributed by atoms with Gasteiger partial charge in [-0.1, -0.05) is 84.9 Å². The van der Waals surface area contributed by atoms with Crippen molar-refractivity contribution in [1.82, 2.24) is 4.57 Å². The molecule has 0 aliphatic heterocycles. The average molecular weight is 482 g/mol. The van der Waals surface area contributed by atoms with E-state index in [0.717, 1.165) is 60.1 Å². The van der Waals surface area contributed by atoms with Gasteiger partial charge in [-0.25, -0.2) is 9.36 Å². The summed E-state index contributed by atoms with van der Waals surface area (Å²) in [5.74, 6) is 0. The molecule has 0 fully saturated rings. The molecule has 5 nitrogen and oxygen atoms in total. The van der Waals surface area contributed by atoms with Crippen LogP contribution in [0.3, 0.4) is 0 Å². The monoisotopic (exact) mass is 481 g/mol. The van der Waals surface area contributed by atoms with Crippen molar-refractivity contribution in [3.05, 3.63) is 109 Å². The van der Waals surface area contributed by atoms with Gasteiger partial charge >= 0.3 is 6.09 Å². The largest absolute Gasteiger partial charge is 0.455 e. The fraction of sp³-hybridized carbons (Fsp3) is 0.0312. The molecule has 0 atom stereocenters. The van der Waals surface area contributed by atoms with Crippen LogP contribution >= 0.6 is 0 Å². The van der Waals surface area contributed by atoms with Crippen molar-refractivity contribution in [2.45, 2.75) is 6.61 Å². The van der Waals surface area contributed by atoms with Crippen LogP contribution in [-0.2, 0) is 11.3 Å². The Kier molecular flexibility index (Phi) is 4.08. The van der Waals surface area contributed by atoms with Gasteiger partial charge in [-0.2, -0.15) is 0 Å². The molecule has 0 spiro atoms. The number of fused-ring (bicyclic) bond motifs is 12. The van der Waals surface area contributed by atoms with Crippen molar-refractivity contribution < 1.29 is 18.4 Å². The highest BCUT2D eigenvalue weighted by Crippen LogP contribution is 2.47. The smallest absolute Gasteiger partial charge is 0.419 e. The molecule has 0 amide bonds. The highest BCUT2D eigenvalue weighted by molar-refractivity contribution is 6.38. The fourth-order valence-electron chi connectivity index (χ4n) is 5.59. The molecule has 3 aromatic heterocycles. The lowest BCUT2D eigenvalue weighted by atomic mass is 10.0. The normalized spacial score (nSPS) is 12.0. The van der Waals surface area contributed by atoms with Crippen LogP contribution in [0, 0.1) is 0 Å². The highest BCUT2D eigenvalue weighted by atomic mass is 16.5. The summed E-state index contributed by atoms with van der Waals surface area (Å²) in [6, 6.07) is 33.5. The molecule has 3 heterocycles. The molecule has 0 bridgehead atoms. The van der Waals surface area contributed by atoms with E-state index >= 15 is 0 Å². The predicted molar refractivity (Wildman–Crippen MR) is 146 cm³/mol. The average Bonchev–Trinajstić information content (AvgIpc) is 3.61. The molecule has 0 N–H and O–H groups in total. The Morgan fingerprint density at radius 2 is 1.22 bits per heavy atom. The van der Waals surface area contributed by atoms with E-state index < -0.39 is 6.09 Å². The summed E-state index contributed by atoms with van der Waals surface area (Å²) in [4.78, 5) is 13.8. The molecule has 0 aliphatic rings. The van der Waals surface area contributed by atoms with Gasteiger partial charge in [0, 0.05) is 26.9 Å². The molecule has 0 saturated carbocycles. The standard InChI is InChI=1S/C32H19NO4/c34-32(35-18-19-10-2-1-3-11-19)33-23-15-7-4-12-20(23)26-27-21-13-5-8-16-24(21)36-30(27)28-22-14-6-9-17-25(22)37-31(28)29(26)33/h1-17H,18H2. The Hall–Kier alpha value is -5.03. The van der Waals surface area contributed by atoms with Gasteiger partial charge in [0.25, 0.3) is 0 Å². The van der Waals surface area contributed by atoms with Crippen molar-refractivity contribution in [1.29, 1.82) is 0 Å². The van der Waals surface area contributed by atoms with Crippen LogP contribution in [0.25, 0.3) is 65.7 Å². The molecule has 37 heavy (non-hydrogen) atoms. The second kappa shape index (κ2) is 7.48. The summed E-state index contributed by atoms with van der Waals surface area (Å²) >= 11 is 0. The number of para-hydroxylation sites is 3. The van der Waals surface area contributed by atoms with Crippen LogP contribution in [0.15, 0.2) is 112 Å². The molecule has 5 aromatic carbocycles. The first-order valence-corrected chi connectivity index (χ1v) is 12.2. The maximum Gasteiger partial charge on any atom is 0.419 e. The van der Waals surface area contributed by atoms with Crippen LogP contribution in [0.1, 0.15) is 5.56 Å². The van der Waals surface area contributed by atoms with E-state index in [9.17, 15) is 4.79 Å². The van der Waals surface area contributed by atoms with Crippen molar-refractivity contribution in [2.75, 3.05) is 0 Å². The maximum absolute atomic E-state index is 13.8. The van der Waals surface area contributed by atoms with Crippen LogP contribution in [0.2, 0.25) is 0 Å². The number of carbonyl (C=O) groups is 1. The Balaban J connectivity index is 1.55. The SMILES string of the molecule is O=C(OCc1ccccc1)n1c2ccccc2c2c3c4ccccc4oc3c3c4ccccc4oc3c21. The lowest BCUT2D eigenvalue weighted by Crippen LogP contribution is -2.13. The fourth-order valence-corrected chi connectivity index (χ4v) is 5.59. The number of hydrogen-bond acceptors (Lipinski definition) is 4. The molecule has 8 rings (SSSR count). The van der Waals surface area contributed by atoms with Crippen molar-refractivity contribution in [3.63, 3.8) is 0 Å². The minimum atomic E-state index is -0.455. The molecule has 176 valence electrons. The van der Waals surface area contributed by atoms with Gasteiger partial charge in [-0.3, -0.25) is 0 Å². The molecular weight excluding hydrogens is 462 g/mol. The summed E-state index contributed by atoms with van der Waals surface area (Å²) in [5.41, 5.74) is 5.26. The van der Waals surface area contributed by atoms with E-state index in [1.54, 1.807) is 4.57 Å². The minimum absolute atomic E-state index is 0.174. The van der Waals surface area contributed by atoms with Gasteiger partial charge in [0.05, 0.1) is 10.9 Å². The first-order valence-electron chi connectivity index (χ1n) is 12.2. The number of carbonyl (C=O) groups excluding carboxylic acids is 1. The summed E-state index contributed by atoms with van der Waals surface area (Å²) < 4.78 is 20.4. The topological polar surface area (TPSA) is 57.5 Å². The number of rotatable bonds is 2. The number of furan rings is 2. The highest BCUT2D eigenvalue weighted by Gasteiger charge is 2.28. The lowest BCUT2D eigenvalue weighted by molar-refractivity contribution is 0.143. The van der Waals surface area contributed by atoms with Gasteiger partial charge in [-0.15, -0.1) is 0 Å².